The van der Waals surface area contributed by atoms with Crippen LogP contribution in [-0.2, 0) is 6.54 Å². The van der Waals surface area contributed by atoms with Gasteiger partial charge < -0.3 is 9.73 Å². The van der Waals surface area contributed by atoms with Crippen LogP contribution in [0, 0.1) is 12.7 Å². The molecule has 0 radical (unpaired) electrons. The molecule has 0 bridgehead atoms. The summed E-state index contributed by atoms with van der Waals surface area (Å²) in [4.78, 5) is 1.94. The minimum atomic E-state index is -0.173. The molecule has 0 amide bonds. The molecular weight excluding hydrogens is 273 g/mol. The van der Waals surface area contributed by atoms with Gasteiger partial charge in [-0.1, -0.05) is 17.8 Å². The Balaban J connectivity index is 2.24. The van der Waals surface area contributed by atoms with Crippen LogP contribution in [-0.4, -0.2) is 5.54 Å². The number of aryl methyl sites for hydroxylation is 1. The fraction of sp³-hybridized carbons (Fsp3) is 0.375. The minimum absolute atomic E-state index is 0.0459. The highest BCUT2D eigenvalue weighted by Gasteiger charge is 2.15. The van der Waals surface area contributed by atoms with E-state index in [2.05, 4.69) is 26.1 Å². The summed E-state index contributed by atoms with van der Waals surface area (Å²) < 4.78 is 19.4. The second kappa shape index (κ2) is 6.02. The average Bonchev–Trinajstić information content (AvgIpc) is 2.73. The van der Waals surface area contributed by atoms with Gasteiger partial charge >= 0.3 is 0 Å². The van der Waals surface area contributed by atoms with Crippen LogP contribution in [0.2, 0.25) is 0 Å². The summed E-state index contributed by atoms with van der Waals surface area (Å²) in [6, 6.07) is 7.10. The van der Waals surface area contributed by atoms with Gasteiger partial charge in [0.15, 0.2) is 0 Å². The van der Waals surface area contributed by atoms with Crippen LogP contribution >= 0.6 is 11.8 Å². The van der Waals surface area contributed by atoms with Crippen LogP contribution in [0.5, 0.6) is 0 Å². The highest BCUT2D eigenvalue weighted by atomic mass is 32.2. The van der Waals surface area contributed by atoms with E-state index in [9.17, 15) is 4.39 Å². The van der Waals surface area contributed by atoms with Gasteiger partial charge in [0.25, 0.3) is 0 Å². The first-order valence-corrected chi connectivity index (χ1v) is 7.43. The number of nitrogens with one attached hydrogen (secondary N) is 1. The third kappa shape index (κ3) is 3.87. The van der Waals surface area contributed by atoms with Gasteiger partial charge in [0.05, 0.1) is 11.2 Å². The smallest absolute Gasteiger partial charge is 0.128 e. The molecule has 0 atom stereocenters. The predicted molar refractivity (Wildman–Crippen MR) is 80.6 cm³/mol. The maximum absolute atomic E-state index is 14.1. The first kappa shape index (κ1) is 15.1. The zero-order valence-corrected chi connectivity index (χ0v) is 13.1. The maximum atomic E-state index is 14.1. The highest BCUT2D eigenvalue weighted by molar-refractivity contribution is 7.99. The molecule has 1 heterocycles. The molecule has 1 aromatic heterocycles. The Kier molecular flexibility index (Phi) is 4.55. The summed E-state index contributed by atoms with van der Waals surface area (Å²) >= 11 is 1.54. The van der Waals surface area contributed by atoms with E-state index in [1.165, 1.54) is 17.8 Å². The van der Waals surface area contributed by atoms with Gasteiger partial charge in [-0.05, 0) is 45.9 Å². The van der Waals surface area contributed by atoms with Crippen LogP contribution < -0.4 is 5.32 Å². The van der Waals surface area contributed by atoms with Crippen molar-refractivity contribution >= 4 is 11.8 Å². The van der Waals surface area contributed by atoms with E-state index >= 15 is 0 Å². The lowest BCUT2D eigenvalue weighted by molar-refractivity contribution is 0.416. The van der Waals surface area contributed by atoms with Crippen molar-refractivity contribution < 1.29 is 8.81 Å². The van der Waals surface area contributed by atoms with Gasteiger partial charge in [0, 0.05) is 22.5 Å². The second-order valence-electron chi connectivity index (χ2n) is 5.76. The summed E-state index contributed by atoms with van der Waals surface area (Å²) in [6.07, 6.45) is 1.66. The predicted octanol–water partition coefficient (Wildman–Crippen LogP) is 4.77. The van der Waals surface area contributed by atoms with Crippen molar-refractivity contribution in [3.05, 3.63) is 47.7 Å². The van der Waals surface area contributed by atoms with Crippen LogP contribution in [0.1, 0.15) is 32.1 Å². The standard InChI is InChI=1S/C16H20FNOS/c1-11-14(8-9-19-11)20-15-7-5-6-13(17)12(15)10-18-16(2,3)4/h5-9,18H,10H2,1-4H3. The van der Waals surface area contributed by atoms with E-state index < -0.39 is 0 Å². The Bertz CT molecular complexity index is 586. The Morgan fingerprint density at radius 3 is 2.55 bits per heavy atom. The van der Waals surface area contributed by atoms with Gasteiger partial charge in [0.1, 0.15) is 11.6 Å². The van der Waals surface area contributed by atoms with E-state index in [0.29, 0.717) is 12.1 Å². The molecule has 1 N–H and O–H groups in total. The van der Waals surface area contributed by atoms with E-state index in [0.717, 1.165) is 15.6 Å². The number of hydrogen-bond acceptors (Lipinski definition) is 3. The first-order valence-electron chi connectivity index (χ1n) is 6.61. The topological polar surface area (TPSA) is 25.2 Å². The van der Waals surface area contributed by atoms with Gasteiger partial charge in [-0.2, -0.15) is 0 Å². The number of benzene rings is 1. The summed E-state index contributed by atoms with van der Waals surface area (Å²) in [5.41, 5.74) is 0.656. The normalized spacial score (nSPS) is 11.8. The lowest BCUT2D eigenvalue weighted by Crippen LogP contribution is -2.35. The first-order chi connectivity index (χ1) is 9.37. The zero-order valence-electron chi connectivity index (χ0n) is 12.3. The van der Waals surface area contributed by atoms with Crippen LogP contribution in [0.25, 0.3) is 0 Å². The summed E-state index contributed by atoms with van der Waals surface area (Å²) in [5.74, 6) is 0.682. The molecule has 1 aromatic carbocycles. The van der Waals surface area contributed by atoms with E-state index in [1.54, 1.807) is 12.3 Å². The van der Waals surface area contributed by atoms with Crippen molar-refractivity contribution in [2.45, 2.75) is 49.6 Å². The van der Waals surface area contributed by atoms with Gasteiger partial charge in [-0.25, -0.2) is 4.39 Å². The van der Waals surface area contributed by atoms with Crippen molar-refractivity contribution in [2.24, 2.45) is 0 Å². The quantitative estimate of drug-likeness (QED) is 0.879. The van der Waals surface area contributed by atoms with Gasteiger partial charge in [-0.3, -0.25) is 0 Å². The number of furan rings is 1. The number of hydrogen-bond donors (Lipinski definition) is 1. The third-order valence-corrected chi connectivity index (χ3v) is 4.15. The molecule has 0 aliphatic heterocycles. The maximum Gasteiger partial charge on any atom is 0.128 e. The van der Waals surface area contributed by atoms with Crippen molar-refractivity contribution in [3.8, 4) is 0 Å². The molecule has 20 heavy (non-hydrogen) atoms. The van der Waals surface area contributed by atoms with E-state index in [-0.39, 0.29) is 11.4 Å². The van der Waals surface area contributed by atoms with Crippen molar-refractivity contribution in [1.29, 1.82) is 0 Å². The molecule has 0 aliphatic rings. The fourth-order valence-electron chi connectivity index (χ4n) is 1.76. The summed E-state index contributed by atoms with van der Waals surface area (Å²) in [7, 11) is 0. The molecular formula is C16H20FNOS. The molecule has 2 rings (SSSR count). The molecule has 0 aliphatic carbocycles. The molecule has 0 fully saturated rings. The molecule has 0 unspecified atom stereocenters. The van der Waals surface area contributed by atoms with Crippen molar-refractivity contribution in [2.75, 3.05) is 0 Å². The molecule has 108 valence electrons. The van der Waals surface area contributed by atoms with Gasteiger partial charge in [0.2, 0.25) is 0 Å². The lowest BCUT2D eigenvalue weighted by Gasteiger charge is -2.21. The molecule has 4 heteroatoms. The molecule has 0 saturated heterocycles. The van der Waals surface area contributed by atoms with E-state index in [4.69, 9.17) is 4.42 Å². The zero-order chi connectivity index (χ0) is 14.8. The molecule has 0 saturated carbocycles. The Morgan fingerprint density at radius 2 is 1.95 bits per heavy atom. The lowest BCUT2D eigenvalue weighted by atomic mass is 10.1. The van der Waals surface area contributed by atoms with Crippen LogP contribution in [0.4, 0.5) is 4.39 Å². The number of rotatable bonds is 4. The van der Waals surface area contributed by atoms with Gasteiger partial charge in [-0.15, -0.1) is 0 Å². The van der Waals surface area contributed by atoms with Crippen molar-refractivity contribution in [3.63, 3.8) is 0 Å². The third-order valence-electron chi connectivity index (χ3n) is 2.90. The average molecular weight is 293 g/mol. The monoisotopic (exact) mass is 293 g/mol. The minimum Gasteiger partial charge on any atom is -0.468 e. The Morgan fingerprint density at radius 1 is 1.20 bits per heavy atom. The Labute approximate surface area is 123 Å². The SMILES string of the molecule is Cc1occc1Sc1cccc(F)c1CNC(C)(C)C. The summed E-state index contributed by atoms with van der Waals surface area (Å²) in [6.45, 7) is 8.63. The molecule has 2 nitrogen and oxygen atoms in total. The Hall–Kier alpha value is -1.26. The highest BCUT2D eigenvalue weighted by Crippen LogP contribution is 2.34. The van der Waals surface area contributed by atoms with E-state index in [1.807, 2.05) is 19.1 Å². The molecule has 2 aromatic rings. The van der Waals surface area contributed by atoms with Crippen LogP contribution in [0.15, 0.2) is 44.7 Å². The second-order valence-corrected chi connectivity index (χ2v) is 6.85. The largest absolute Gasteiger partial charge is 0.468 e. The number of halogens is 1. The van der Waals surface area contributed by atoms with Crippen molar-refractivity contribution in [1.82, 2.24) is 5.32 Å². The fourth-order valence-corrected chi connectivity index (χ4v) is 2.75. The summed E-state index contributed by atoms with van der Waals surface area (Å²) in [5, 5.41) is 3.34. The van der Waals surface area contributed by atoms with Crippen LogP contribution in [0.3, 0.4) is 0 Å². The molecule has 0 spiro atoms.